The monoisotopic (exact) mass is 434 g/mol. The van der Waals surface area contributed by atoms with E-state index in [0.717, 1.165) is 16.5 Å². The highest BCUT2D eigenvalue weighted by molar-refractivity contribution is 7.89. The Morgan fingerprint density at radius 3 is 2.65 bits per heavy atom. The maximum absolute atomic E-state index is 13.3. The number of pyridine rings is 1. The Labute approximate surface area is 181 Å². The molecule has 8 heteroatoms. The number of amides is 1. The Hall–Kier alpha value is -3.28. The van der Waals surface area contributed by atoms with Gasteiger partial charge in [0.25, 0.3) is 5.91 Å². The second-order valence-corrected chi connectivity index (χ2v) is 9.54. The molecule has 0 saturated carbocycles. The van der Waals surface area contributed by atoms with E-state index in [9.17, 15) is 18.5 Å². The molecule has 0 unspecified atom stereocenters. The highest BCUT2D eigenvalue weighted by Crippen LogP contribution is 2.26. The van der Waals surface area contributed by atoms with Crippen molar-refractivity contribution in [1.82, 2.24) is 14.2 Å². The summed E-state index contributed by atoms with van der Waals surface area (Å²) in [6.07, 6.45) is 1.70. The minimum absolute atomic E-state index is 0.000856. The molecule has 31 heavy (non-hydrogen) atoms. The summed E-state index contributed by atoms with van der Waals surface area (Å²) in [5.74, 6) is -0.132. The zero-order chi connectivity index (χ0) is 22.2. The molecule has 1 saturated heterocycles. The van der Waals surface area contributed by atoms with Crippen molar-refractivity contribution in [3.63, 3.8) is 0 Å². The molecule has 0 bridgehead atoms. The van der Waals surface area contributed by atoms with Gasteiger partial charge in [-0.2, -0.15) is 9.57 Å². The molecule has 158 valence electrons. The van der Waals surface area contributed by atoms with Gasteiger partial charge < -0.3 is 4.90 Å². The number of hydrogen-bond acceptors (Lipinski definition) is 5. The van der Waals surface area contributed by atoms with E-state index in [4.69, 9.17) is 0 Å². The number of carbonyl (C=O) groups excluding carboxylic acids is 1. The number of piperazine rings is 1. The number of nitrogens with zero attached hydrogens (tertiary/aromatic N) is 4. The van der Waals surface area contributed by atoms with E-state index in [1.165, 1.54) is 16.4 Å². The largest absolute Gasteiger partial charge is 0.333 e. The lowest BCUT2D eigenvalue weighted by Gasteiger charge is -2.39. The molecule has 1 amide bonds. The number of rotatable bonds is 3. The number of hydrogen-bond donors (Lipinski definition) is 0. The van der Waals surface area contributed by atoms with Crippen LogP contribution in [0.2, 0.25) is 0 Å². The summed E-state index contributed by atoms with van der Waals surface area (Å²) in [5.41, 5.74) is 2.29. The fourth-order valence-electron chi connectivity index (χ4n) is 4.04. The van der Waals surface area contributed by atoms with Crippen LogP contribution in [0.5, 0.6) is 0 Å². The predicted octanol–water partition coefficient (Wildman–Crippen LogP) is 2.95. The molecular weight excluding hydrogens is 412 g/mol. The Morgan fingerprint density at radius 1 is 1.13 bits per heavy atom. The summed E-state index contributed by atoms with van der Waals surface area (Å²) in [4.78, 5) is 19.4. The molecule has 0 N–H and O–H groups in total. The van der Waals surface area contributed by atoms with Crippen LogP contribution in [-0.4, -0.2) is 54.2 Å². The summed E-state index contributed by atoms with van der Waals surface area (Å²) >= 11 is 0. The average molecular weight is 435 g/mol. The van der Waals surface area contributed by atoms with Crippen molar-refractivity contribution in [3.05, 3.63) is 71.4 Å². The lowest BCUT2D eigenvalue weighted by molar-refractivity contribution is 0.0591. The standard InChI is InChI=1S/C23H22N4O3S/c1-16-15-26(31(29,30)21-8-4-3-6-19(21)14-24)12-13-27(16)23(28)20-10-9-18-7-5-11-25-22(18)17(20)2/h3-11,16H,12-13,15H2,1-2H3/t16-/m0/s1. The smallest absolute Gasteiger partial charge is 0.254 e. The first-order chi connectivity index (χ1) is 14.8. The predicted molar refractivity (Wildman–Crippen MR) is 117 cm³/mol. The minimum Gasteiger partial charge on any atom is -0.333 e. The molecule has 2 heterocycles. The van der Waals surface area contributed by atoms with E-state index in [1.54, 1.807) is 29.3 Å². The summed E-state index contributed by atoms with van der Waals surface area (Å²) in [6, 6.07) is 15.3. The molecule has 1 aliphatic rings. The number of fused-ring (bicyclic) bond motifs is 1. The lowest BCUT2D eigenvalue weighted by Crippen LogP contribution is -2.55. The van der Waals surface area contributed by atoms with Gasteiger partial charge in [-0.3, -0.25) is 9.78 Å². The van der Waals surface area contributed by atoms with Crippen molar-refractivity contribution in [2.24, 2.45) is 0 Å². The Balaban J connectivity index is 1.58. The minimum atomic E-state index is -3.83. The van der Waals surface area contributed by atoms with Crippen LogP contribution in [0, 0.1) is 18.3 Å². The van der Waals surface area contributed by atoms with Crippen LogP contribution in [0.3, 0.4) is 0 Å². The quantitative estimate of drug-likeness (QED) is 0.632. The highest BCUT2D eigenvalue weighted by atomic mass is 32.2. The topological polar surface area (TPSA) is 94.4 Å². The molecular formula is C23H22N4O3S. The Morgan fingerprint density at radius 2 is 1.90 bits per heavy atom. The van der Waals surface area contributed by atoms with Gasteiger partial charge in [-0.15, -0.1) is 0 Å². The van der Waals surface area contributed by atoms with Crippen LogP contribution in [0.1, 0.15) is 28.4 Å². The van der Waals surface area contributed by atoms with Crippen molar-refractivity contribution < 1.29 is 13.2 Å². The van der Waals surface area contributed by atoms with Crippen molar-refractivity contribution in [3.8, 4) is 6.07 Å². The van der Waals surface area contributed by atoms with E-state index in [2.05, 4.69) is 4.98 Å². The van der Waals surface area contributed by atoms with Gasteiger partial charge in [0.05, 0.1) is 16.0 Å². The number of aromatic nitrogens is 1. The van der Waals surface area contributed by atoms with Gasteiger partial charge in [-0.05, 0) is 43.7 Å². The average Bonchev–Trinajstić information content (AvgIpc) is 2.79. The second kappa shape index (κ2) is 8.10. The molecule has 0 radical (unpaired) electrons. The molecule has 1 atom stereocenters. The second-order valence-electron chi connectivity index (χ2n) is 7.63. The van der Waals surface area contributed by atoms with E-state index < -0.39 is 10.0 Å². The molecule has 2 aromatic carbocycles. The number of carbonyl (C=O) groups is 1. The van der Waals surface area contributed by atoms with Gasteiger partial charge in [0.1, 0.15) is 6.07 Å². The molecule has 4 rings (SSSR count). The van der Waals surface area contributed by atoms with E-state index in [1.807, 2.05) is 38.1 Å². The first-order valence-corrected chi connectivity index (χ1v) is 11.4. The highest BCUT2D eigenvalue weighted by Gasteiger charge is 2.35. The number of aryl methyl sites for hydroxylation is 1. The third-order valence-electron chi connectivity index (χ3n) is 5.73. The zero-order valence-corrected chi connectivity index (χ0v) is 18.1. The first-order valence-electron chi connectivity index (χ1n) is 9.99. The number of nitriles is 1. The van der Waals surface area contributed by atoms with E-state index >= 15 is 0 Å². The molecule has 3 aromatic rings. The van der Waals surface area contributed by atoms with Crippen molar-refractivity contribution in [2.45, 2.75) is 24.8 Å². The van der Waals surface area contributed by atoms with Crippen molar-refractivity contribution >= 4 is 26.8 Å². The molecule has 1 aliphatic heterocycles. The van der Waals surface area contributed by atoms with Gasteiger partial charge in [0.2, 0.25) is 10.0 Å². The van der Waals surface area contributed by atoms with Crippen molar-refractivity contribution in [1.29, 1.82) is 5.26 Å². The molecule has 0 spiro atoms. The molecule has 1 aromatic heterocycles. The lowest BCUT2D eigenvalue weighted by atomic mass is 10.0. The van der Waals surface area contributed by atoms with Crippen LogP contribution in [0.15, 0.2) is 59.6 Å². The van der Waals surface area contributed by atoms with E-state index in [0.29, 0.717) is 5.56 Å². The Bertz CT molecular complexity index is 1310. The fraction of sp³-hybridized carbons (Fsp3) is 0.261. The molecule has 0 aliphatic carbocycles. The van der Waals surface area contributed by atoms with Crippen LogP contribution in [0.4, 0.5) is 0 Å². The number of sulfonamides is 1. The third kappa shape index (κ3) is 3.67. The fourth-order valence-corrected chi connectivity index (χ4v) is 5.70. The molecule has 1 fully saturated rings. The van der Waals surface area contributed by atoms with Crippen LogP contribution in [0.25, 0.3) is 10.9 Å². The SMILES string of the molecule is Cc1c(C(=O)N2CCN(S(=O)(=O)c3ccccc3C#N)C[C@@H]2C)ccc2cccnc12. The van der Waals surface area contributed by atoms with Gasteiger partial charge in [0, 0.05) is 42.8 Å². The Kier molecular flexibility index (Phi) is 5.48. The number of benzene rings is 2. The maximum atomic E-state index is 13.3. The summed E-state index contributed by atoms with van der Waals surface area (Å²) in [6.45, 7) is 4.33. The van der Waals surface area contributed by atoms with Gasteiger partial charge in [0.15, 0.2) is 0 Å². The van der Waals surface area contributed by atoms with E-state index in [-0.39, 0.29) is 42.0 Å². The summed E-state index contributed by atoms with van der Waals surface area (Å²) < 4.78 is 27.6. The van der Waals surface area contributed by atoms with Crippen LogP contribution < -0.4 is 0 Å². The van der Waals surface area contributed by atoms with Gasteiger partial charge >= 0.3 is 0 Å². The van der Waals surface area contributed by atoms with Gasteiger partial charge in [-0.1, -0.05) is 24.3 Å². The summed E-state index contributed by atoms with van der Waals surface area (Å²) in [5, 5.41) is 10.3. The van der Waals surface area contributed by atoms with Crippen molar-refractivity contribution in [2.75, 3.05) is 19.6 Å². The van der Waals surface area contributed by atoms with Crippen LogP contribution >= 0.6 is 0 Å². The normalized spacial score (nSPS) is 17.5. The third-order valence-corrected chi connectivity index (χ3v) is 7.66. The zero-order valence-electron chi connectivity index (χ0n) is 17.3. The van der Waals surface area contributed by atoms with Crippen LogP contribution in [-0.2, 0) is 10.0 Å². The van der Waals surface area contributed by atoms with Gasteiger partial charge in [-0.25, -0.2) is 8.42 Å². The maximum Gasteiger partial charge on any atom is 0.254 e. The molecule has 7 nitrogen and oxygen atoms in total. The first kappa shape index (κ1) is 21.0. The summed E-state index contributed by atoms with van der Waals surface area (Å²) in [7, 11) is -3.83.